The maximum atomic E-state index is 13.3. The number of nitrogens with zero attached hydrogens (tertiary/aromatic N) is 3. The van der Waals surface area contributed by atoms with Crippen molar-refractivity contribution in [3.05, 3.63) is 52.5 Å². The maximum Gasteiger partial charge on any atom is 0.233 e. The lowest BCUT2D eigenvalue weighted by atomic mass is 10.1. The first-order chi connectivity index (χ1) is 14.4. The number of hydrogen-bond acceptors (Lipinski definition) is 5. The molecule has 30 heavy (non-hydrogen) atoms. The topological polar surface area (TPSA) is 36.4 Å². The van der Waals surface area contributed by atoms with E-state index in [1.165, 1.54) is 16.2 Å². The summed E-state index contributed by atoms with van der Waals surface area (Å²) < 4.78 is 1.01. The molecule has 0 radical (unpaired) electrons. The molecule has 0 saturated carbocycles. The van der Waals surface area contributed by atoms with Crippen molar-refractivity contribution in [1.82, 2.24) is 9.88 Å². The second kappa shape index (κ2) is 10.6. The van der Waals surface area contributed by atoms with Crippen molar-refractivity contribution in [2.45, 2.75) is 32.1 Å². The molecule has 0 aliphatic heterocycles. The fraction of sp³-hybridized carbons (Fsp3) is 0.391. The normalized spacial score (nSPS) is 11.4. The molecule has 4 nitrogen and oxygen atoms in total. The second-order valence-corrected chi connectivity index (χ2v) is 9.49. The summed E-state index contributed by atoms with van der Waals surface area (Å²) in [5, 5.41) is 1.44. The van der Waals surface area contributed by atoms with Gasteiger partial charge < -0.3 is 4.90 Å². The van der Waals surface area contributed by atoms with Crippen LogP contribution in [0.2, 0.25) is 5.02 Å². The van der Waals surface area contributed by atoms with Gasteiger partial charge in [-0.3, -0.25) is 9.69 Å². The minimum absolute atomic E-state index is 0.0712. The van der Waals surface area contributed by atoms with Crippen LogP contribution in [-0.4, -0.2) is 48.2 Å². The predicted octanol–water partition coefficient (Wildman–Crippen LogP) is 5.90. The number of aromatic nitrogens is 1. The SMILES string of the molecule is CCN(CC)CCN(C(=O)Cc1ccc(SC)cc1)c1nc2c(C)cc(Cl)cc2s1. The highest BCUT2D eigenvalue weighted by Gasteiger charge is 2.21. The molecule has 0 spiro atoms. The lowest BCUT2D eigenvalue weighted by Gasteiger charge is -2.24. The summed E-state index contributed by atoms with van der Waals surface area (Å²) in [7, 11) is 0. The highest BCUT2D eigenvalue weighted by Crippen LogP contribution is 2.33. The Morgan fingerprint density at radius 2 is 1.83 bits per heavy atom. The van der Waals surface area contributed by atoms with Gasteiger partial charge >= 0.3 is 0 Å². The van der Waals surface area contributed by atoms with E-state index >= 15 is 0 Å². The zero-order chi connectivity index (χ0) is 21.7. The molecule has 0 aliphatic rings. The number of carbonyl (C=O) groups is 1. The predicted molar refractivity (Wildman–Crippen MR) is 131 cm³/mol. The number of hydrogen-bond donors (Lipinski definition) is 0. The van der Waals surface area contributed by atoms with Gasteiger partial charge in [0.1, 0.15) is 0 Å². The maximum absolute atomic E-state index is 13.3. The Hall–Kier alpha value is -1.60. The summed E-state index contributed by atoms with van der Waals surface area (Å²) in [5.41, 5.74) is 2.97. The Kier molecular flexibility index (Phi) is 8.17. The number of thioether (sulfide) groups is 1. The number of amides is 1. The fourth-order valence-electron chi connectivity index (χ4n) is 3.38. The van der Waals surface area contributed by atoms with Crippen molar-refractivity contribution >= 4 is 56.0 Å². The van der Waals surface area contributed by atoms with E-state index in [1.807, 2.05) is 36.1 Å². The molecule has 2 aromatic carbocycles. The van der Waals surface area contributed by atoms with Gasteiger partial charge in [-0.25, -0.2) is 4.98 Å². The minimum Gasteiger partial charge on any atom is -0.302 e. The van der Waals surface area contributed by atoms with Gasteiger partial charge in [-0.05, 0) is 61.7 Å². The van der Waals surface area contributed by atoms with E-state index in [9.17, 15) is 4.79 Å². The molecule has 1 heterocycles. The van der Waals surface area contributed by atoms with E-state index in [-0.39, 0.29) is 5.91 Å². The number of anilines is 1. The molecule has 0 unspecified atom stereocenters. The van der Waals surface area contributed by atoms with E-state index in [0.717, 1.165) is 46.1 Å². The van der Waals surface area contributed by atoms with E-state index in [4.69, 9.17) is 16.6 Å². The number of halogens is 1. The molecule has 7 heteroatoms. The minimum atomic E-state index is 0.0712. The standard InChI is InChI=1S/C23H28ClN3OS2/c1-5-26(6-2)11-12-27(21(28)14-17-7-9-19(29-4)10-8-17)23-25-22-16(3)13-18(24)15-20(22)30-23/h7-10,13,15H,5-6,11-12,14H2,1-4H3. The number of rotatable bonds is 9. The van der Waals surface area contributed by atoms with Crippen molar-refractivity contribution in [3.63, 3.8) is 0 Å². The van der Waals surface area contributed by atoms with Crippen LogP contribution < -0.4 is 4.90 Å². The van der Waals surface area contributed by atoms with Gasteiger partial charge in [0.2, 0.25) is 5.91 Å². The molecular formula is C23H28ClN3OS2. The summed E-state index contributed by atoms with van der Waals surface area (Å²) in [6, 6.07) is 12.1. The van der Waals surface area contributed by atoms with Gasteiger partial charge in [-0.15, -0.1) is 11.8 Å². The molecule has 3 rings (SSSR count). The smallest absolute Gasteiger partial charge is 0.233 e. The van der Waals surface area contributed by atoms with Crippen molar-refractivity contribution < 1.29 is 4.79 Å². The molecule has 0 N–H and O–H groups in total. The number of benzene rings is 2. The number of aryl methyl sites for hydroxylation is 1. The molecule has 1 aromatic heterocycles. The van der Waals surface area contributed by atoms with Crippen molar-refractivity contribution in [2.24, 2.45) is 0 Å². The lowest BCUT2D eigenvalue weighted by Crippen LogP contribution is -2.39. The molecular weight excluding hydrogens is 434 g/mol. The summed E-state index contributed by atoms with van der Waals surface area (Å²) in [4.78, 5) is 23.5. The Morgan fingerprint density at radius 3 is 2.47 bits per heavy atom. The zero-order valence-electron chi connectivity index (χ0n) is 17.9. The number of likely N-dealkylation sites (N-methyl/N-ethyl adjacent to an activating group) is 1. The average molecular weight is 462 g/mol. The van der Waals surface area contributed by atoms with E-state index < -0.39 is 0 Å². The van der Waals surface area contributed by atoms with Gasteiger partial charge in [0, 0.05) is 23.0 Å². The average Bonchev–Trinajstić information content (AvgIpc) is 3.15. The zero-order valence-corrected chi connectivity index (χ0v) is 20.3. The van der Waals surface area contributed by atoms with E-state index in [0.29, 0.717) is 18.0 Å². The molecule has 1 amide bonds. The second-order valence-electron chi connectivity index (χ2n) is 7.16. The van der Waals surface area contributed by atoms with E-state index in [2.05, 4.69) is 37.1 Å². The van der Waals surface area contributed by atoms with Crippen LogP contribution in [0.15, 0.2) is 41.3 Å². The quantitative estimate of drug-likeness (QED) is 0.372. The molecule has 0 bridgehead atoms. The highest BCUT2D eigenvalue weighted by atomic mass is 35.5. The first kappa shape index (κ1) is 23.1. The Bertz CT molecular complexity index is 1000. The Labute approximate surface area is 192 Å². The fourth-order valence-corrected chi connectivity index (χ4v) is 5.25. The van der Waals surface area contributed by atoms with Crippen LogP contribution in [0, 0.1) is 6.92 Å². The number of fused-ring (bicyclic) bond motifs is 1. The number of carbonyl (C=O) groups excluding carboxylic acids is 1. The third kappa shape index (κ3) is 5.55. The molecule has 0 fully saturated rings. The lowest BCUT2D eigenvalue weighted by molar-refractivity contribution is -0.118. The summed E-state index contributed by atoms with van der Waals surface area (Å²) in [6.07, 6.45) is 2.42. The largest absolute Gasteiger partial charge is 0.302 e. The van der Waals surface area contributed by atoms with Crippen LogP contribution in [0.3, 0.4) is 0 Å². The summed E-state index contributed by atoms with van der Waals surface area (Å²) >= 11 is 9.47. The Balaban J connectivity index is 1.89. The Morgan fingerprint density at radius 1 is 1.13 bits per heavy atom. The van der Waals surface area contributed by atoms with Crippen LogP contribution >= 0.6 is 34.7 Å². The molecule has 3 aromatic rings. The molecule has 0 aliphatic carbocycles. The van der Waals surface area contributed by atoms with Gasteiger partial charge in [0.25, 0.3) is 0 Å². The van der Waals surface area contributed by atoms with Crippen molar-refractivity contribution in [3.8, 4) is 0 Å². The van der Waals surface area contributed by atoms with Crippen molar-refractivity contribution in [1.29, 1.82) is 0 Å². The molecule has 0 atom stereocenters. The summed E-state index contributed by atoms with van der Waals surface area (Å²) in [5.74, 6) is 0.0712. The van der Waals surface area contributed by atoms with Crippen LogP contribution in [0.5, 0.6) is 0 Å². The first-order valence-corrected chi connectivity index (χ1v) is 12.6. The van der Waals surface area contributed by atoms with Gasteiger partial charge in [-0.2, -0.15) is 0 Å². The van der Waals surface area contributed by atoms with Gasteiger partial charge in [0.15, 0.2) is 5.13 Å². The highest BCUT2D eigenvalue weighted by molar-refractivity contribution is 7.98. The van der Waals surface area contributed by atoms with Gasteiger partial charge in [0.05, 0.1) is 16.6 Å². The van der Waals surface area contributed by atoms with Crippen LogP contribution in [0.1, 0.15) is 25.0 Å². The third-order valence-corrected chi connectivity index (χ3v) is 7.21. The summed E-state index contributed by atoms with van der Waals surface area (Å²) in [6.45, 7) is 9.66. The monoisotopic (exact) mass is 461 g/mol. The third-order valence-electron chi connectivity index (χ3n) is 5.22. The molecule has 0 saturated heterocycles. The van der Waals surface area contributed by atoms with Crippen LogP contribution in [0.25, 0.3) is 10.2 Å². The van der Waals surface area contributed by atoms with Gasteiger partial charge in [-0.1, -0.05) is 48.9 Å². The van der Waals surface area contributed by atoms with E-state index in [1.54, 1.807) is 11.8 Å². The van der Waals surface area contributed by atoms with Crippen LogP contribution in [-0.2, 0) is 11.2 Å². The number of thiazole rings is 1. The van der Waals surface area contributed by atoms with Crippen molar-refractivity contribution in [2.75, 3.05) is 37.3 Å². The molecule has 160 valence electrons. The van der Waals surface area contributed by atoms with Crippen LogP contribution in [0.4, 0.5) is 5.13 Å². The first-order valence-electron chi connectivity index (χ1n) is 10.2.